The molecular weight excluding hydrogens is 280 g/mol. The quantitative estimate of drug-likeness (QED) is 0.762. The summed E-state index contributed by atoms with van der Waals surface area (Å²) < 4.78 is 28.5. The van der Waals surface area contributed by atoms with E-state index in [1.54, 1.807) is 27.7 Å². The van der Waals surface area contributed by atoms with Crippen molar-refractivity contribution in [2.75, 3.05) is 6.61 Å². The molecule has 0 aliphatic carbocycles. The van der Waals surface area contributed by atoms with Gasteiger partial charge in [0.15, 0.2) is 17.9 Å². The fourth-order valence-corrected chi connectivity index (χ4v) is 2.91. The van der Waals surface area contributed by atoms with Crippen LogP contribution in [0.2, 0.25) is 0 Å². The van der Waals surface area contributed by atoms with Crippen LogP contribution < -0.4 is 0 Å². The maximum Gasteiger partial charge on any atom is 0.328 e. The molecular formula is C14H20O7. The topological polar surface area (TPSA) is 83.5 Å². The molecule has 3 rings (SSSR count). The number of rotatable bonds is 2. The van der Waals surface area contributed by atoms with E-state index in [-0.39, 0.29) is 6.10 Å². The van der Waals surface area contributed by atoms with E-state index >= 15 is 0 Å². The van der Waals surface area contributed by atoms with Crippen LogP contribution in [0.3, 0.4) is 0 Å². The number of hydrogen-bond acceptors (Lipinski definition) is 6. The third-order valence-corrected chi connectivity index (χ3v) is 3.65. The number of ether oxygens (including phenoxy) is 5. The molecule has 1 N–H and O–H groups in total. The van der Waals surface area contributed by atoms with Gasteiger partial charge in [0.2, 0.25) is 0 Å². The van der Waals surface area contributed by atoms with Gasteiger partial charge in [-0.1, -0.05) is 0 Å². The average Bonchev–Trinajstić information content (AvgIpc) is 2.90. The van der Waals surface area contributed by atoms with E-state index in [9.17, 15) is 4.79 Å². The van der Waals surface area contributed by atoms with E-state index in [4.69, 9.17) is 28.8 Å². The zero-order valence-corrected chi connectivity index (χ0v) is 12.5. The first-order valence-electron chi connectivity index (χ1n) is 6.94. The second kappa shape index (κ2) is 4.76. The van der Waals surface area contributed by atoms with Gasteiger partial charge in [0, 0.05) is 11.6 Å². The minimum Gasteiger partial charge on any atom is -0.478 e. The maximum absolute atomic E-state index is 11.1. The van der Waals surface area contributed by atoms with E-state index in [2.05, 4.69) is 0 Å². The summed E-state index contributed by atoms with van der Waals surface area (Å²) in [5.41, 5.74) is 0.518. The van der Waals surface area contributed by atoms with Crippen LogP contribution in [0.15, 0.2) is 11.6 Å². The van der Waals surface area contributed by atoms with E-state index in [1.165, 1.54) is 0 Å². The molecule has 3 aliphatic heterocycles. The fourth-order valence-electron chi connectivity index (χ4n) is 2.91. The summed E-state index contributed by atoms with van der Waals surface area (Å²) >= 11 is 0. The van der Waals surface area contributed by atoms with E-state index in [1.807, 2.05) is 0 Å². The molecule has 118 valence electrons. The van der Waals surface area contributed by atoms with Gasteiger partial charge in [-0.25, -0.2) is 4.79 Å². The standard InChI is InChI=1S/C14H20O7/c1-13(2)17-6-8(19-13)10-7(5-9(15)16)11-12(18-10)21-14(3,4)20-11/h5,8,10-12H,6H2,1-4H3,(H,15,16)/b7-5-/t8-,10-,11+,12+/m0/s1. The zero-order chi connectivity index (χ0) is 15.4. The van der Waals surface area contributed by atoms with Crippen molar-refractivity contribution in [3.63, 3.8) is 0 Å². The highest BCUT2D eigenvalue weighted by Gasteiger charge is 2.55. The summed E-state index contributed by atoms with van der Waals surface area (Å²) in [6.45, 7) is 7.47. The van der Waals surface area contributed by atoms with Crippen molar-refractivity contribution in [2.24, 2.45) is 0 Å². The summed E-state index contributed by atoms with van der Waals surface area (Å²) in [6, 6.07) is 0. The van der Waals surface area contributed by atoms with Crippen LogP contribution in [-0.4, -0.2) is 53.9 Å². The molecule has 0 radical (unpaired) electrons. The van der Waals surface area contributed by atoms with E-state index in [0.29, 0.717) is 12.2 Å². The van der Waals surface area contributed by atoms with Crippen molar-refractivity contribution >= 4 is 5.97 Å². The van der Waals surface area contributed by atoms with Crippen molar-refractivity contribution in [1.29, 1.82) is 0 Å². The second-order valence-corrected chi connectivity index (χ2v) is 6.33. The minimum absolute atomic E-state index is 0.331. The van der Waals surface area contributed by atoms with Crippen LogP contribution in [0, 0.1) is 0 Å². The van der Waals surface area contributed by atoms with Crippen LogP contribution in [0.25, 0.3) is 0 Å². The summed E-state index contributed by atoms with van der Waals surface area (Å²) in [7, 11) is 0. The Bertz CT molecular complexity index is 482. The lowest BCUT2D eigenvalue weighted by Gasteiger charge is -2.25. The molecule has 7 heteroatoms. The van der Waals surface area contributed by atoms with Crippen molar-refractivity contribution < 1.29 is 33.6 Å². The Morgan fingerprint density at radius 1 is 1.14 bits per heavy atom. The highest BCUT2D eigenvalue weighted by molar-refractivity contribution is 5.81. The largest absolute Gasteiger partial charge is 0.478 e. The zero-order valence-electron chi connectivity index (χ0n) is 12.5. The Morgan fingerprint density at radius 2 is 1.86 bits per heavy atom. The highest BCUT2D eigenvalue weighted by atomic mass is 16.8. The third kappa shape index (κ3) is 2.84. The molecule has 3 fully saturated rings. The number of aliphatic carboxylic acids is 1. The molecule has 0 saturated carbocycles. The summed E-state index contributed by atoms with van der Waals surface area (Å²) in [4.78, 5) is 11.1. The summed E-state index contributed by atoms with van der Waals surface area (Å²) in [6.07, 6.45) is -0.966. The lowest BCUT2D eigenvalue weighted by atomic mass is 10.0. The van der Waals surface area contributed by atoms with Gasteiger partial charge in [0.1, 0.15) is 18.3 Å². The molecule has 3 saturated heterocycles. The molecule has 0 aromatic rings. The minimum atomic E-state index is -1.05. The molecule has 0 amide bonds. The molecule has 0 spiro atoms. The van der Waals surface area contributed by atoms with Crippen LogP contribution in [0.4, 0.5) is 0 Å². The van der Waals surface area contributed by atoms with Gasteiger partial charge in [0.25, 0.3) is 0 Å². The average molecular weight is 300 g/mol. The van der Waals surface area contributed by atoms with Gasteiger partial charge in [-0.05, 0) is 27.7 Å². The lowest BCUT2D eigenvalue weighted by molar-refractivity contribution is -0.215. The SMILES string of the molecule is CC1(C)OC[C@@H]([C@H]2O[C@@H]3OC(C)(C)O[C@@H]3/C2=C\C(=O)O)O1. The molecule has 0 unspecified atom stereocenters. The molecule has 3 heterocycles. The van der Waals surface area contributed by atoms with Crippen molar-refractivity contribution in [1.82, 2.24) is 0 Å². The Labute approximate surface area is 122 Å². The van der Waals surface area contributed by atoms with Crippen LogP contribution in [0.1, 0.15) is 27.7 Å². The monoisotopic (exact) mass is 300 g/mol. The Kier molecular flexibility index (Phi) is 3.38. The number of hydrogen-bond donors (Lipinski definition) is 1. The van der Waals surface area contributed by atoms with Crippen LogP contribution in [-0.2, 0) is 28.5 Å². The smallest absolute Gasteiger partial charge is 0.328 e. The first kappa shape index (κ1) is 14.9. The lowest BCUT2D eigenvalue weighted by Crippen LogP contribution is -2.35. The first-order valence-corrected chi connectivity index (χ1v) is 6.94. The maximum atomic E-state index is 11.1. The first-order chi connectivity index (χ1) is 9.67. The van der Waals surface area contributed by atoms with Crippen molar-refractivity contribution in [3.05, 3.63) is 11.6 Å². The molecule has 4 atom stereocenters. The number of carboxylic acids is 1. The predicted molar refractivity (Wildman–Crippen MR) is 69.3 cm³/mol. The predicted octanol–water partition coefficient (Wildman–Crippen LogP) is 1.03. The highest BCUT2D eigenvalue weighted by Crippen LogP contribution is 2.43. The summed E-state index contributed by atoms with van der Waals surface area (Å²) in [5.74, 6) is -2.56. The van der Waals surface area contributed by atoms with Gasteiger partial charge in [-0.3, -0.25) is 0 Å². The molecule has 0 aromatic heterocycles. The number of fused-ring (bicyclic) bond motifs is 1. The Morgan fingerprint density at radius 3 is 2.43 bits per heavy atom. The van der Waals surface area contributed by atoms with E-state index in [0.717, 1.165) is 6.08 Å². The van der Waals surface area contributed by atoms with Gasteiger partial charge >= 0.3 is 5.97 Å². The van der Waals surface area contributed by atoms with Crippen LogP contribution >= 0.6 is 0 Å². The van der Waals surface area contributed by atoms with Gasteiger partial charge in [-0.15, -0.1) is 0 Å². The van der Waals surface area contributed by atoms with E-state index < -0.39 is 36.0 Å². The molecule has 0 aromatic carbocycles. The van der Waals surface area contributed by atoms with Crippen molar-refractivity contribution in [2.45, 2.75) is 63.9 Å². The number of carboxylic acid groups (broad SMARTS) is 1. The van der Waals surface area contributed by atoms with Crippen molar-refractivity contribution in [3.8, 4) is 0 Å². The third-order valence-electron chi connectivity index (χ3n) is 3.65. The normalized spacial score (nSPS) is 42.4. The van der Waals surface area contributed by atoms with Gasteiger partial charge in [0.05, 0.1) is 6.61 Å². The molecule has 7 nitrogen and oxygen atoms in total. The molecule has 0 bridgehead atoms. The molecule has 21 heavy (non-hydrogen) atoms. The Balaban J connectivity index is 1.84. The fraction of sp³-hybridized carbons (Fsp3) is 0.786. The van der Waals surface area contributed by atoms with Gasteiger partial charge < -0.3 is 28.8 Å². The molecule has 3 aliphatic rings. The Hall–Kier alpha value is -0.990. The van der Waals surface area contributed by atoms with Crippen LogP contribution in [0.5, 0.6) is 0 Å². The second-order valence-electron chi connectivity index (χ2n) is 6.33. The van der Waals surface area contributed by atoms with Gasteiger partial charge in [-0.2, -0.15) is 0 Å². The number of carbonyl (C=O) groups is 1. The summed E-state index contributed by atoms with van der Waals surface area (Å²) in [5, 5.41) is 9.09.